The monoisotopic (exact) mass is 380 g/mol. The summed E-state index contributed by atoms with van der Waals surface area (Å²) < 4.78 is 7.12. The van der Waals surface area contributed by atoms with E-state index in [9.17, 15) is 14.4 Å². The molecule has 0 bridgehead atoms. The Bertz CT molecular complexity index is 1140. The van der Waals surface area contributed by atoms with Gasteiger partial charge in [0.15, 0.2) is 11.8 Å². The number of rotatable bonds is 2. The van der Waals surface area contributed by atoms with Crippen LogP contribution in [0.5, 0.6) is 0 Å². The molecule has 3 aromatic rings. The highest BCUT2D eigenvalue weighted by molar-refractivity contribution is 7.97. The van der Waals surface area contributed by atoms with Gasteiger partial charge in [-0.05, 0) is 43.6 Å². The zero-order valence-corrected chi connectivity index (χ0v) is 15.5. The maximum atomic E-state index is 12.8. The molecule has 0 saturated heterocycles. The molecule has 2 aromatic carbocycles. The van der Waals surface area contributed by atoms with Crippen molar-refractivity contribution in [3.63, 3.8) is 0 Å². The molecule has 4 rings (SSSR count). The standard InChI is InChI=1S/C20H16N2O4S/c1-11-6-5-8-13-17(23)14(10-26-19(11)13)21-20(25)16-18(24)12-7-3-4-9-15(12)27-22(16)2/h3-10,16H,1-2H3,(H,21,25). The van der Waals surface area contributed by atoms with Gasteiger partial charge in [-0.3, -0.25) is 14.4 Å². The van der Waals surface area contributed by atoms with Gasteiger partial charge < -0.3 is 9.73 Å². The van der Waals surface area contributed by atoms with Gasteiger partial charge in [-0.25, -0.2) is 4.31 Å². The lowest BCUT2D eigenvalue weighted by Crippen LogP contribution is -2.47. The van der Waals surface area contributed by atoms with Crippen molar-refractivity contribution in [3.8, 4) is 0 Å². The lowest BCUT2D eigenvalue weighted by atomic mass is 10.0. The number of anilines is 1. The number of fused-ring (bicyclic) bond motifs is 2. The molecule has 0 spiro atoms. The van der Waals surface area contributed by atoms with Crippen molar-refractivity contribution in [1.82, 2.24) is 4.31 Å². The van der Waals surface area contributed by atoms with E-state index in [0.29, 0.717) is 16.5 Å². The van der Waals surface area contributed by atoms with Crippen molar-refractivity contribution in [2.45, 2.75) is 17.9 Å². The van der Waals surface area contributed by atoms with Crippen molar-refractivity contribution in [3.05, 3.63) is 70.1 Å². The van der Waals surface area contributed by atoms with E-state index < -0.39 is 11.9 Å². The van der Waals surface area contributed by atoms with Gasteiger partial charge in [-0.1, -0.05) is 30.3 Å². The number of nitrogens with one attached hydrogen (secondary N) is 1. The summed E-state index contributed by atoms with van der Waals surface area (Å²) in [6.45, 7) is 1.84. The number of benzene rings is 2. The van der Waals surface area contributed by atoms with Gasteiger partial charge in [-0.2, -0.15) is 0 Å². The smallest absolute Gasteiger partial charge is 0.250 e. The predicted octanol–water partition coefficient (Wildman–Crippen LogP) is 3.24. The predicted molar refractivity (Wildman–Crippen MR) is 104 cm³/mol. The van der Waals surface area contributed by atoms with Gasteiger partial charge in [0.05, 0.1) is 5.39 Å². The topological polar surface area (TPSA) is 79.6 Å². The summed E-state index contributed by atoms with van der Waals surface area (Å²) >= 11 is 1.32. The number of likely N-dealkylation sites (N-methyl/N-ethyl adjacent to an activating group) is 1. The van der Waals surface area contributed by atoms with Crippen LogP contribution in [0.2, 0.25) is 0 Å². The van der Waals surface area contributed by atoms with E-state index in [4.69, 9.17) is 4.42 Å². The quantitative estimate of drug-likeness (QED) is 0.543. The zero-order chi connectivity index (χ0) is 19.1. The molecule has 0 radical (unpaired) electrons. The molecular formula is C20H16N2O4S. The molecular weight excluding hydrogens is 364 g/mol. The number of para-hydroxylation sites is 1. The second kappa shape index (κ2) is 6.68. The molecule has 0 saturated carbocycles. The Kier molecular flexibility index (Phi) is 4.33. The van der Waals surface area contributed by atoms with Gasteiger partial charge in [0.2, 0.25) is 5.43 Å². The highest BCUT2D eigenvalue weighted by Crippen LogP contribution is 2.34. The largest absolute Gasteiger partial charge is 0.462 e. The lowest BCUT2D eigenvalue weighted by Gasteiger charge is -2.30. The summed E-state index contributed by atoms with van der Waals surface area (Å²) in [4.78, 5) is 39.1. The third-order valence-electron chi connectivity index (χ3n) is 4.51. The van der Waals surface area contributed by atoms with Crippen LogP contribution in [0.3, 0.4) is 0 Å². The van der Waals surface area contributed by atoms with Crippen LogP contribution in [0, 0.1) is 6.92 Å². The minimum atomic E-state index is -1.03. The Morgan fingerprint density at radius 3 is 2.74 bits per heavy atom. The fourth-order valence-corrected chi connectivity index (χ4v) is 4.16. The Morgan fingerprint density at radius 1 is 1.15 bits per heavy atom. The van der Waals surface area contributed by atoms with Gasteiger partial charge in [-0.15, -0.1) is 0 Å². The first-order valence-electron chi connectivity index (χ1n) is 8.33. The van der Waals surface area contributed by atoms with Crippen molar-refractivity contribution >= 4 is 40.3 Å². The number of aryl methyl sites for hydroxylation is 1. The van der Waals surface area contributed by atoms with Gasteiger partial charge >= 0.3 is 0 Å². The van der Waals surface area contributed by atoms with Crippen LogP contribution < -0.4 is 10.7 Å². The summed E-state index contributed by atoms with van der Waals surface area (Å²) in [5.74, 6) is -0.867. The van der Waals surface area contributed by atoms with Crippen LogP contribution in [0.15, 0.2) is 62.8 Å². The van der Waals surface area contributed by atoms with E-state index in [2.05, 4.69) is 5.32 Å². The van der Waals surface area contributed by atoms with Crippen molar-refractivity contribution in [2.24, 2.45) is 0 Å². The number of carbonyl (C=O) groups is 2. The summed E-state index contributed by atoms with van der Waals surface area (Å²) in [5, 5.41) is 2.95. The molecule has 1 atom stereocenters. The number of amides is 1. The Balaban J connectivity index is 1.67. The highest BCUT2D eigenvalue weighted by Gasteiger charge is 2.37. The molecule has 27 heavy (non-hydrogen) atoms. The van der Waals surface area contributed by atoms with Crippen LogP contribution in [-0.4, -0.2) is 29.1 Å². The molecule has 2 heterocycles. The van der Waals surface area contributed by atoms with E-state index in [1.165, 1.54) is 18.2 Å². The second-order valence-electron chi connectivity index (χ2n) is 6.32. The van der Waals surface area contributed by atoms with Crippen LogP contribution in [0.4, 0.5) is 5.69 Å². The van der Waals surface area contributed by atoms with E-state index in [1.54, 1.807) is 35.6 Å². The fourth-order valence-electron chi connectivity index (χ4n) is 3.15. The average molecular weight is 380 g/mol. The van der Waals surface area contributed by atoms with Gasteiger partial charge in [0.25, 0.3) is 5.91 Å². The van der Waals surface area contributed by atoms with Crippen molar-refractivity contribution in [1.29, 1.82) is 0 Å². The summed E-state index contributed by atoms with van der Waals surface area (Å²) in [7, 11) is 1.68. The van der Waals surface area contributed by atoms with Crippen LogP contribution >= 0.6 is 11.9 Å². The SMILES string of the molecule is Cc1cccc2c(=O)c(NC(=O)C3C(=O)c4ccccc4SN3C)coc12. The molecule has 136 valence electrons. The molecule has 1 aromatic heterocycles. The number of nitrogens with zero attached hydrogens (tertiary/aromatic N) is 1. The molecule has 0 fully saturated rings. The number of hydrogen-bond acceptors (Lipinski definition) is 6. The third kappa shape index (κ3) is 2.94. The normalized spacial score (nSPS) is 17.0. The second-order valence-corrected chi connectivity index (χ2v) is 7.52. The highest BCUT2D eigenvalue weighted by atomic mass is 32.2. The maximum Gasteiger partial charge on any atom is 0.250 e. The van der Waals surface area contributed by atoms with Gasteiger partial charge in [0, 0.05) is 10.5 Å². The first-order valence-corrected chi connectivity index (χ1v) is 9.11. The van der Waals surface area contributed by atoms with Crippen LogP contribution in [-0.2, 0) is 4.79 Å². The molecule has 6 nitrogen and oxygen atoms in total. The number of Topliss-reactive ketones (excluding diaryl/α,β-unsaturated/α-hetero) is 1. The molecule has 1 amide bonds. The fraction of sp³-hybridized carbons (Fsp3) is 0.150. The molecule has 1 aliphatic heterocycles. The Labute approximate surface area is 159 Å². The minimum absolute atomic E-state index is 0.0168. The summed E-state index contributed by atoms with van der Waals surface area (Å²) in [6.07, 6.45) is 1.23. The van der Waals surface area contributed by atoms with Crippen LogP contribution in [0.1, 0.15) is 15.9 Å². The van der Waals surface area contributed by atoms with E-state index in [1.807, 2.05) is 25.1 Å². The van der Waals surface area contributed by atoms with E-state index in [0.717, 1.165) is 10.5 Å². The minimum Gasteiger partial charge on any atom is -0.462 e. The molecule has 7 heteroatoms. The third-order valence-corrected chi connectivity index (χ3v) is 5.56. The van der Waals surface area contributed by atoms with E-state index >= 15 is 0 Å². The van der Waals surface area contributed by atoms with E-state index in [-0.39, 0.29) is 16.9 Å². The Hall–Kier alpha value is -2.90. The zero-order valence-electron chi connectivity index (χ0n) is 14.7. The average Bonchev–Trinajstić information content (AvgIpc) is 2.64. The molecule has 1 unspecified atom stereocenters. The number of hydrogen-bond donors (Lipinski definition) is 1. The molecule has 1 N–H and O–H groups in total. The summed E-state index contributed by atoms with van der Waals surface area (Å²) in [6, 6.07) is 11.4. The van der Waals surface area contributed by atoms with Gasteiger partial charge in [0.1, 0.15) is 17.5 Å². The summed E-state index contributed by atoms with van der Waals surface area (Å²) in [5.41, 5.74) is 1.49. The Morgan fingerprint density at radius 2 is 1.93 bits per heavy atom. The first-order chi connectivity index (χ1) is 13.0. The first kappa shape index (κ1) is 17.5. The van der Waals surface area contributed by atoms with Crippen molar-refractivity contribution < 1.29 is 14.0 Å². The van der Waals surface area contributed by atoms with Crippen LogP contribution in [0.25, 0.3) is 11.0 Å². The maximum absolute atomic E-state index is 12.8. The number of carbonyl (C=O) groups excluding carboxylic acids is 2. The van der Waals surface area contributed by atoms with Crippen molar-refractivity contribution in [2.75, 3.05) is 12.4 Å². The lowest BCUT2D eigenvalue weighted by molar-refractivity contribution is -0.118. The molecule has 1 aliphatic rings. The molecule has 0 aliphatic carbocycles. The number of ketones is 1.